The number of nitro benzene ring substituents is 1. The first-order valence-corrected chi connectivity index (χ1v) is 7.08. The number of ether oxygens (including phenoxy) is 2. The average molecular weight is 309 g/mol. The van der Waals surface area contributed by atoms with E-state index in [1.54, 1.807) is 20.0 Å². The molecule has 22 heavy (non-hydrogen) atoms. The van der Waals surface area contributed by atoms with E-state index >= 15 is 0 Å². The van der Waals surface area contributed by atoms with E-state index in [2.05, 4.69) is 5.32 Å². The molecular formula is C14H19N3O5. The van der Waals surface area contributed by atoms with Crippen molar-refractivity contribution >= 4 is 23.0 Å². The third-order valence-corrected chi connectivity index (χ3v) is 3.43. The monoisotopic (exact) mass is 309 g/mol. The summed E-state index contributed by atoms with van der Waals surface area (Å²) in [5.74, 6) is -0.560. The Labute approximate surface area is 128 Å². The summed E-state index contributed by atoms with van der Waals surface area (Å²) in [6.07, 6.45) is 0. The van der Waals surface area contributed by atoms with Crippen LogP contribution in [0.4, 0.5) is 17.1 Å². The molecule has 1 N–H and O–H groups in total. The number of benzene rings is 1. The van der Waals surface area contributed by atoms with E-state index in [-0.39, 0.29) is 17.9 Å². The summed E-state index contributed by atoms with van der Waals surface area (Å²) >= 11 is 0. The van der Waals surface area contributed by atoms with E-state index in [1.807, 2.05) is 4.90 Å². The van der Waals surface area contributed by atoms with E-state index in [0.717, 1.165) is 0 Å². The Hall–Kier alpha value is -2.35. The van der Waals surface area contributed by atoms with Crippen LogP contribution in [-0.4, -0.2) is 50.9 Å². The van der Waals surface area contributed by atoms with Gasteiger partial charge in [-0.2, -0.15) is 0 Å². The summed E-state index contributed by atoms with van der Waals surface area (Å²) in [5.41, 5.74) is 1.04. The molecule has 1 fully saturated rings. The van der Waals surface area contributed by atoms with Crippen molar-refractivity contribution in [3.05, 3.63) is 27.8 Å². The van der Waals surface area contributed by atoms with Gasteiger partial charge in [0.1, 0.15) is 5.69 Å². The fourth-order valence-corrected chi connectivity index (χ4v) is 2.37. The van der Waals surface area contributed by atoms with Gasteiger partial charge in [-0.05, 0) is 13.0 Å². The van der Waals surface area contributed by atoms with Crippen molar-refractivity contribution in [3.63, 3.8) is 0 Å². The van der Waals surface area contributed by atoms with Crippen molar-refractivity contribution in [1.29, 1.82) is 0 Å². The second kappa shape index (κ2) is 7.08. The maximum Gasteiger partial charge on any atom is 0.340 e. The van der Waals surface area contributed by atoms with Gasteiger partial charge in [-0.15, -0.1) is 0 Å². The molecule has 1 heterocycles. The van der Waals surface area contributed by atoms with Crippen molar-refractivity contribution in [2.24, 2.45) is 0 Å². The minimum Gasteiger partial charge on any atom is -0.462 e. The molecule has 0 aliphatic carbocycles. The number of hydrogen-bond acceptors (Lipinski definition) is 7. The van der Waals surface area contributed by atoms with E-state index in [1.165, 1.54) is 6.07 Å². The van der Waals surface area contributed by atoms with Gasteiger partial charge in [0, 0.05) is 26.2 Å². The molecule has 0 spiro atoms. The molecule has 0 unspecified atom stereocenters. The van der Waals surface area contributed by atoms with Crippen LogP contribution in [0.5, 0.6) is 0 Å². The number of nitrogens with zero attached hydrogens (tertiary/aromatic N) is 2. The third-order valence-electron chi connectivity index (χ3n) is 3.43. The highest BCUT2D eigenvalue weighted by molar-refractivity contribution is 5.98. The second-order valence-corrected chi connectivity index (χ2v) is 4.71. The highest BCUT2D eigenvalue weighted by atomic mass is 16.6. The third kappa shape index (κ3) is 3.28. The number of carbonyl (C=O) groups is 1. The minimum atomic E-state index is -0.560. The zero-order chi connectivity index (χ0) is 16.1. The molecule has 1 aliphatic heterocycles. The molecule has 1 aliphatic rings. The first-order valence-electron chi connectivity index (χ1n) is 7.08. The molecule has 0 atom stereocenters. The van der Waals surface area contributed by atoms with Crippen molar-refractivity contribution < 1.29 is 19.2 Å². The van der Waals surface area contributed by atoms with Gasteiger partial charge in [0.25, 0.3) is 5.69 Å². The van der Waals surface area contributed by atoms with Crippen LogP contribution in [0, 0.1) is 10.1 Å². The SMILES string of the molecule is CCOC(=O)c1cc([N+](=O)[O-])c(NC)cc1N1CCOCC1. The molecule has 1 aromatic carbocycles. The first kappa shape index (κ1) is 16.0. The number of rotatable bonds is 5. The van der Waals surface area contributed by atoms with E-state index in [4.69, 9.17) is 9.47 Å². The molecule has 0 radical (unpaired) electrons. The fraction of sp³-hybridized carbons (Fsp3) is 0.500. The number of nitrogens with one attached hydrogen (secondary N) is 1. The number of anilines is 2. The second-order valence-electron chi connectivity index (χ2n) is 4.71. The van der Waals surface area contributed by atoms with E-state index in [9.17, 15) is 14.9 Å². The van der Waals surface area contributed by atoms with Crippen LogP contribution in [0.3, 0.4) is 0 Å². The van der Waals surface area contributed by atoms with Gasteiger partial charge in [0.05, 0.1) is 36.0 Å². The van der Waals surface area contributed by atoms with Gasteiger partial charge in [0.2, 0.25) is 0 Å². The van der Waals surface area contributed by atoms with Crippen molar-refractivity contribution in [2.45, 2.75) is 6.92 Å². The van der Waals surface area contributed by atoms with Crippen LogP contribution in [0.2, 0.25) is 0 Å². The lowest BCUT2D eigenvalue weighted by molar-refractivity contribution is -0.384. The van der Waals surface area contributed by atoms with Crippen molar-refractivity contribution in [3.8, 4) is 0 Å². The highest BCUT2D eigenvalue weighted by Gasteiger charge is 2.25. The van der Waals surface area contributed by atoms with Gasteiger partial charge in [-0.3, -0.25) is 10.1 Å². The van der Waals surface area contributed by atoms with Gasteiger partial charge in [-0.25, -0.2) is 4.79 Å². The number of morpholine rings is 1. The van der Waals surface area contributed by atoms with Crippen LogP contribution in [-0.2, 0) is 9.47 Å². The molecule has 120 valence electrons. The van der Waals surface area contributed by atoms with Crippen LogP contribution in [0.25, 0.3) is 0 Å². The standard InChI is InChI=1S/C14H19N3O5/c1-3-22-14(18)10-8-13(17(19)20)11(15-2)9-12(10)16-4-6-21-7-5-16/h8-9,15H,3-7H2,1-2H3. The van der Waals surface area contributed by atoms with Crippen LogP contribution in [0.1, 0.15) is 17.3 Å². The summed E-state index contributed by atoms with van der Waals surface area (Å²) < 4.78 is 10.3. The number of esters is 1. The zero-order valence-electron chi connectivity index (χ0n) is 12.6. The molecule has 2 rings (SSSR count). The van der Waals surface area contributed by atoms with Crippen LogP contribution in [0.15, 0.2) is 12.1 Å². The topological polar surface area (TPSA) is 93.9 Å². The molecule has 1 aromatic rings. The summed E-state index contributed by atoms with van der Waals surface area (Å²) in [7, 11) is 1.61. The largest absolute Gasteiger partial charge is 0.462 e. The minimum absolute atomic E-state index is 0.150. The van der Waals surface area contributed by atoms with E-state index in [0.29, 0.717) is 37.7 Å². The predicted octanol–water partition coefficient (Wildman–Crippen LogP) is 1.65. The van der Waals surface area contributed by atoms with Gasteiger partial charge >= 0.3 is 5.97 Å². The van der Waals surface area contributed by atoms with Crippen molar-refractivity contribution in [1.82, 2.24) is 0 Å². The summed E-state index contributed by atoms with van der Waals surface area (Å²) in [6, 6.07) is 2.89. The normalized spacial score (nSPS) is 14.5. The highest BCUT2D eigenvalue weighted by Crippen LogP contribution is 2.34. The lowest BCUT2D eigenvalue weighted by Crippen LogP contribution is -2.37. The molecule has 8 nitrogen and oxygen atoms in total. The van der Waals surface area contributed by atoms with Crippen LogP contribution >= 0.6 is 0 Å². The Morgan fingerprint density at radius 3 is 2.68 bits per heavy atom. The molecule has 0 amide bonds. The first-order chi connectivity index (χ1) is 10.6. The lowest BCUT2D eigenvalue weighted by atomic mass is 10.1. The molecule has 0 bridgehead atoms. The van der Waals surface area contributed by atoms with Crippen molar-refractivity contribution in [2.75, 3.05) is 50.2 Å². The number of nitro groups is 1. The van der Waals surface area contributed by atoms with E-state index < -0.39 is 10.9 Å². The Bertz CT molecular complexity index is 570. The smallest absolute Gasteiger partial charge is 0.340 e. The molecule has 0 aromatic heterocycles. The number of hydrogen-bond donors (Lipinski definition) is 1. The van der Waals surface area contributed by atoms with Gasteiger partial charge < -0.3 is 19.7 Å². The van der Waals surface area contributed by atoms with Gasteiger partial charge in [-0.1, -0.05) is 0 Å². The molecular weight excluding hydrogens is 290 g/mol. The maximum absolute atomic E-state index is 12.2. The Balaban J connectivity index is 2.52. The maximum atomic E-state index is 12.2. The molecule has 8 heteroatoms. The lowest BCUT2D eigenvalue weighted by Gasteiger charge is -2.30. The van der Waals surface area contributed by atoms with Gasteiger partial charge in [0.15, 0.2) is 0 Å². The zero-order valence-corrected chi connectivity index (χ0v) is 12.6. The summed E-state index contributed by atoms with van der Waals surface area (Å²) in [6.45, 7) is 4.24. The molecule has 1 saturated heterocycles. The van der Waals surface area contributed by atoms with Crippen LogP contribution < -0.4 is 10.2 Å². The Morgan fingerprint density at radius 2 is 2.14 bits per heavy atom. The Kier molecular flexibility index (Phi) is 5.16. The summed E-state index contributed by atoms with van der Waals surface area (Å²) in [5, 5.41) is 14.0. The Morgan fingerprint density at radius 1 is 1.45 bits per heavy atom. The predicted molar refractivity (Wildman–Crippen MR) is 81.6 cm³/mol. The average Bonchev–Trinajstić information content (AvgIpc) is 2.54. The number of carbonyl (C=O) groups excluding carboxylic acids is 1. The molecule has 0 saturated carbocycles. The summed E-state index contributed by atoms with van der Waals surface area (Å²) in [4.78, 5) is 24.8. The quantitative estimate of drug-likeness (QED) is 0.502. The fourth-order valence-electron chi connectivity index (χ4n) is 2.37.